The topological polar surface area (TPSA) is 86.3 Å². The van der Waals surface area contributed by atoms with Crippen LogP contribution in [-0.2, 0) is 16.4 Å². The zero-order chi connectivity index (χ0) is 18.9. The number of aromatic nitrogens is 2. The molecule has 1 saturated heterocycles. The molecular formula is C18H24ClN3O3S. The van der Waals surface area contributed by atoms with Crippen LogP contribution < -0.4 is 0 Å². The second-order valence-electron chi connectivity index (χ2n) is 7.17. The Balaban J connectivity index is 1.89. The van der Waals surface area contributed by atoms with Crippen molar-refractivity contribution in [2.75, 3.05) is 19.7 Å². The van der Waals surface area contributed by atoms with Crippen molar-refractivity contribution in [3.63, 3.8) is 0 Å². The van der Waals surface area contributed by atoms with Crippen LogP contribution in [0.2, 0.25) is 5.02 Å². The number of nitrogens with zero attached hydrogens (tertiary/aromatic N) is 2. The van der Waals surface area contributed by atoms with Crippen LogP contribution in [0.5, 0.6) is 0 Å². The summed E-state index contributed by atoms with van der Waals surface area (Å²) in [4.78, 5) is 0.244. The summed E-state index contributed by atoms with van der Waals surface area (Å²) in [5, 5.41) is 17.5. The van der Waals surface area contributed by atoms with Gasteiger partial charge in [0.25, 0.3) is 0 Å². The molecule has 0 amide bonds. The molecule has 1 aliphatic rings. The van der Waals surface area contributed by atoms with Crippen molar-refractivity contribution in [1.29, 1.82) is 0 Å². The predicted molar refractivity (Wildman–Crippen MR) is 101 cm³/mol. The highest BCUT2D eigenvalue weighted by Crippen LogP contribution is 2.36. The molecule has 0 saturated carbocycles. The van der Waals surface area contributed by atoms with Crippen LogP contribution in [0.1, 0.15) is 29.8 Å². The summed E-state index contributed by atoms with van der Waals surface area (Å²) in [5.41, 5.74) is 1.50. The number of sulfonamides is 1. The van der Waals surface area contributed by atoms with E-state index in [9.17, 15) is 13.5 Å². The Morgan fingerprint density at radius 1 is 1.38 bits per heavy atom. The SMILES string of the molecule is Cc1n[nH]c(C)c1S(=O)(=O)N1CCCC(CO)(Cc2cccc(Cl)c2)C1. The molecule has 0 spiro atoms. The van der Waals surface area contributed by atoms with Crippen molar-refractivity contribution in [2.24, 2.45) is 5.41 Å². The van der Waals surface area contributed by atoms with Gasteiger partial charge in [-0.25, -0.2) is 8.42 Å². The normalized spacial score (nSPS) is 21.8. The Labute approximate surface area is 159 Å². The van der Waals surface area contributed by atoms with Gasteiger partial charge in [-0.1, -0.05) is 23.7 Å². The predicted octanol–water partition coefficient (Wildman–Crippen LogP) is 2.69. The molecule has 1 aromatic heterocycles. The second-order valence-corrected chi connectivity index (χ2v) is 9.48. The van der Waals surface area contributed by atoms with Gasteiger partial charge in [0.15, 0.2) is 0 Å². The zero-order valence-corrected chi connectivity index (χ0v) is 16.6. The van der Waals surface area contributed by atoms with Crippen LogP contribution >= 0.6 is 11.6 Å². The molecule has 1 unspecified atom stereocenters. The van der Waals surface area contributed by atoms with Crippen molar-refractivity contribution < 1.29 is 13.5 Å². The Bertz CT molecular complexity index is 877. The minimum atomic E-state index is -3.66. The average Bonchev–Trinajstić information content (AvgIpc) is 2.94. The van der Waals surface area contributed by atoms with Crippen molar-refractivity contribution in [1.82, 2.24) is 14.5 Å². The Hall–Kier alpha value is -1.41. The highest BCUT2D eigenvalue weighted by molar-refractivity contribution is 7.89. The number of aromatic amines is 1. The van der Waals surface area contributed by atoms with Gasteiger partial charge in [-0.2, -0.15) is 9.40 Å². The summed E-state index contributed by atoms with van der Waals surface area (Å²) in [5.74, 6) is 0. The third-order valence-electron chi connectivity index (χ3n) is 5.09. The molecule has 3 rings (SSSR count). The number of hydrogen-bond acceptors (Lipinski definition) is 4. The van der Waals surface area contributed by atoms with Gasteiger partial charge < -0.3 is 5.11 Å². The number of nitrogens with one attached hydrogen (secondary N) is 1. The monoisotopic (exact) mass is 397 g/mol. The van der Waals surface area contributed by atoms with Crippen LogP contribution in [0.4, 0.5) is 0 Å². The third-order valence-corrected chi connectivity index (χ3v) is 7.43. The maximum Gasteiger partial charge on any atom is 0.246 e. The van der Waals surface area contributed by atoms with E-state index in [0.717, 1.165) is 12.0 Å². The molecule has 2 N–H and O–H groups in total. The number of halogens is 1. The van der Waals surface area contributed by atoms with Crippen LogP contribution in [-0.4, -0.2) is 47.7 Å². The number of aliphatic hydroxyl groups excluding tert-OH is 1. The second kappa shape index (κ2) is 7.31. The summed E-state index contributed by atoms with van der Waals surface area (Å²) in [7, 11) is -3.66. The summed E-state index contributed by atoms with van der Waals surface area (Å²) in [6.07, 6.45) is 2.06. The van der Waals surface area contributed by atoms with Gasteiger partial charge in [0, 0.05) is 23.5 Å². The van der Waals surface area contributed by atoms with Crippen molar-refractivity contribution >= 4 is 21.6 Å². The standard InChI is InChI=1S/C18H24ClN3O3S/c1-13-17(14(2)21-20-13)26(24,25)22-8-4-7-18(11-22,12-23)10-15-5-3-6-16(19)9-15/h3,5-6,9,23H,4,7-8,10-12H2,1-2H3,(H,20,21). The van der Waals surface area contributed by atoms with E-state index in [2.05, 4.69) is 10.2 Å². The number of rotatable bonds is 5. The molecule has 0 aliphatic carbocycles. The number of aliphatic hydroxyl groups is 1. The number of aryl methyl sites for hydroxylation is 2. The first kappa shape index (κ1) is 19.4. The molecule has 0 bridgehead atoms. The molecule has 1 fully saturated rings. The lowest BCUT2D eigenvalue weighted by Crippen LogP contribution is -2.49. The van der Waals surface area contributed by atoms with Crippen molar-refractivity contribution in [2.45, 2.75) is 38.0 Å². The van der Waals surface area contributed by atoms with Gasteiger partial charge in [-0.3, -0.25) is 5.10 Å². The molecule has 2 heterocycles. The highest BCUT2D eigenvalue weighted by atomic mass is 35.5. The van der Waals surface area contributed by atoms with E-state index in [1.165, 1.54) is 4.31 Å². The fourth-order valence-corrected chi connectivity index (χ4v) is 5.96. The minimum absolute atomic E-state index is 0.0745. The molecule has 8 heteroatoms. The highest BCUT2D eigenvalue weighted by Gasteiger charge is 2.41. The maximum atomic E-state index is 13.2. The van der Waals surface area contributed by atoms with Gasteiger partial charge in [0.1, 0.15) is 4.90 Å². The summed E-state index contributed by atoms with van der Waals surface area (Å²) >= 11 is 6.08. The number of hydrogen-bond donors (Lipinski definition) is 2. The van der Waals surface area contributed by atoms with Crippen LogP contribution in [0.25, 0.3) is 0 Å². The molecule has 6 nitrogen and oxygen atoms in total. The summed E-state index contributed by atoms with van der Waals surface area (Å²) in [6, 6.07) is 7.51. The molecule has 2 aromatic rings. The lowest BCUT2D eigenvalue weighted by Gasteiger charge is -2.41. The fourth-order valence-electron chi connectivity index (χ4n) is 3.83. The number of H-pyrrole nitrogens is 1. The van der Waals surface area contributed by atoms with E-state index in [1.807, 2.05) is 18.2 Å². The quantitative estimate of drug-likeness (QED) is 0.812. The molecule has 26 heavy (non-hydrogen) atoms. The molecular weight excluding hydrogens is 374 g/mol. The van der Waals surface area contributed by atoms with Crippen LogP contribution in [0.3, 0.4) is 0 Å². The molecule has 1 aliphatic heterocycles. The molecule has 1 aromatic carbocycles. The zero-order valence-electron chi connectivity index (χ0n) is 15.0. The maximum absolute atomic E-state index is 13.2. The number of piperidine rings is 1. The smallest absolute Gasteiger partial charge is 0.246 e. The molecule has 1 atom stereocenters. The van der Waals surface area contributed by atoms with E-state index in [4.69, 9.17) is 11.6 Å². The number of benzene rings is 1. The Morgan fingerprint density at radius 3 is 2.77 bits per heavy atom. The molecule has 142 valence electrons. The van der Waals surface area contributed by atoms with Crippen molar-refractivity contribution in [3.8, 4) is 0 Å². The summed E-state index contributed by atoms with van der Waals surface area (Å²) < 4.78 is 27.8. The third kappa shape index (κ3) is 3.67. The van der Waals surface area contributed by atoms with E-state index in [0.29, 0.717) is 35.8 Å². The van der Waals surface area contributed by atoms with E-state index in [-0.39, 0.29) is 18.0 Å². The first-order valence-corrected chi connectivity index (χ1v) is 10.5. The largest absolute Gasteiger partial charge is 0.396 e. The molecule has 0 radical (unpaired) electrons. The van der Waals surface area contributed by atoms with Crippen molar-refractivity contribution in [3.05, 3.63) is 46.2 Å². The van der Waals surface area contributed by atoms with Crippen LogP contribution in [0, 0.1) is 19.3 Å². The Morgan fingerprint density at radius 2 is 2.15 bits per heavy atom. The van der Waals surface area contributed by atoms with Gasteiger partial charge in [-0.05, 0) is 50.8 Å². The van der Waals surface area contributed by atoms with Gasteiger partial charge in [0.05, 0.1) is 18.0 Å². The minimum Gasteiger partial charge on any atom is -0.396 e. The van der Waals surface area contributed by atoms with Gasteiger partial charge in [-0.15, -0.1) is 0 Å². The lowest BCUT2D eigenvalue weighted by atomic mass is 9.76. The van der Waals surface area contributed by atoms with Crippen LogP contribution in [0.15, 0.2) is 29.2 Å². The van der Waals surface area contributed by atoms with Gasteiger partial charge in [0.2, 0.25) is 10.0 Å². The first-order valence-electron chi connectivity index (χ1n) is 8.64. The Kier molecular flexibility index (Phi) is 5.44. The first-order chi connectivity index (χ1) is 12.3. The average molecular weight is 398 g/mol. The summed E-state index contributed by atoms with van der Waals surface area (Å²) in [6.45, 7) is 4.05. The van der Waals surface area contributed by atoms with E-state index in [1.54, 1.807) is 19.9 Å². The van der Waals surface area contributed by atoms with E-state index < -0.39 is 15.4 Å². The fraction of sp³-hybridized carbons (Fsp3) is 0.500. The van der Waals surface area contributed by atoms with Gasteiger partial charge >= 0.3 is 0 Å². The van der Waals surface area contributed by atoms with E-state index >= 15 is 0 Å². The lowest BCUT2D eigenvalue weighted by molar-refractivity contribution is 0.0645.